The van der Waals surface area contributed by atoms with Crippen molar-refractivity contribution in [2.75, 3.05) is 5.32 Å². The van der Waals surface area contributed by atoms with Crippen LogP contribution in [0.3, 0.4) is 0 Å². The second-order valence-corrected chi connectivity index (χ2v) is 7.75. The van der Waals surface area contributed by atoms with E-state index in [4.69, 9.17) is 0 Å². The summed E-state index contributed by atoms with van der Waals surface area (Å²) in [6, 6.07) is 16.1. The van der Waals surface area contributed by atoms with E-state index in [0.717, 1.165) is 22.5 Å². The van der Waals surface area contributed by atoms with E-state index in [1.54, 1.807) is 36.4 Å². The number of alkyl halides is 3. The second-order valence-electron chi connectivity index (χ2n) is 6.84. The number of benzene rings is 2. The van der Waals surface area contributed by atoms with Gasteiger partial charge in [-0.3, -0.25) is 4.79 Å². The third-order valence-corrected chi connectivity index (χ3v) is 5.24. The molecule has 0 spiro atoms. The molecular weight excluding hydrogens is 473 g/mol. The number of fused-ring (bicyclic) bond motifs is 1. The van der Waals surface area contributed by atoms with E-state index in [9.17, 15) is 18.0 Å². The second kappa shape index (κ2) is 8.14. The van der Waals surface area contributed by atoms with E-state index in [0.29, 0.717) is 15.8 Å². The molecule has 9 heteroatoms. The Morgan fingerprint density at radius 1 is 1.06 bits per heavy atom. The number of amides is 1. The molecule has 2 aromatic carbocycles. The number of carbonyl (C=O) groups excluding carboxylic acids is 1. The molecule has 0 aliphatic heterocycles. The van der Waals surface area contributed by atoms with Crippen LogP contribution < -0.4 is 5.32 Å². The molecule has 2 aromatic heterocycles. The number of hydrogen-bond donors (Lipinski definition) is 1. The van der Waals surface area contributed by atoms with Crippen molar-refractivity contribution in [1.29, 1.82) is 0 Å². The van der Waals surface area contributed by atoms with E-state index in [1.165, 1.54) is 6.07 Å². The van der Waals surface area contributed by atoms with E-state index in [-0.39, 0.29) is 17.0 Å². The number of aryl methyl sites for hydroxylation is 1. The predicted octanol–water partition coefficient (Wildman–Crippen LogP) is 5.99. The van der Waals surface area contributed by atoms with Crippen LogP contribution in [0.15, 0.2) is 65.1 Å². The third kappa shape index (κ3) is 4.46. The van der Waals surface area contributed by atoms with Gasteiger partial charge in [-0.25, -0.2) is 9.50 Å². The summed E-state index contributed by atoms with van der Waals surface area (Å²) in [4.78, 5) is 16.9. The van der Waals surface area contributed by atoms with Crippen LogP contribution in [-0.2, 0) is 12.6 Å². The third-order valence-electron chi connectivity index (χ3n) is 4.71. The molecule has 0 saturated heterocycles. The highest BCUT2D eigenvalue weighted by atomic mass is 79.9. The molecule has 0 unspecified atom stereocenters. The molecule has 0 radical (unpaired) electrons. The number of anilines is 1. The van der Waals surface area contributed by atoms with Gasteiger partial charge in [-0.05, 0) is 42.3 Å². The fourth-order valence-corrected chi connectivity index (χ4v) is 3.34. The summed E-state index contributed by atoms with van der Waals surface area (Å²) in [5.41, 5.74) is 1.03. The van der Waals surface area contributed by atoms with Gasteiger partial charge in [-0.1, -0.05) is 47.1 Å². The molecule has 0 aliphatic carbocycles. The van der Waals surface area contributed by atoms with Crippen LogP contribution in [0.1, 0.15) is 28.7 Å². The number of hydrogen-bond acceptors (Lipinski definition) is 3. The fourth-order valence-electron chi connectivity index (χ4n) is 3.07. The van der Waals surface area contributed by atoms with Gasteiger partial charge in [-0.2, -0.15) is 18.3 Å². The number of rotatable bonds is 4. The summed E-state index contributed by atoms with van der Waals surface area (Å²) in [5.74, 6) is -0.618. The summed E-state index contributed by atoms with van der Waals surface area (Å²) in [7, 11) is 0. The van der Waals surface area contributed by atoms with Crippen molar-refractivity contribution in [2.24, 2.45) is 0 Å². The van der Waals surface area contributed by atoms with Crippen LogP contribution in [0.2, 0.25) is 0 Å². The lowest BCUT2D eigenvalue weighted by molar-refractivity contribution is -0.142. The standard InChI is InChI=1S/C22H16BrF3N4O/c1-2-13-3-9-16(10-4-13)27-21(31)18-12-20-28-17(14-5-7-15(23)8-6-14)11-19(22(24,25)26)30(20)29-18/h3-12H,2H2,1H3,(H,27,31). The SMILES string of the molecule is CCc1ccc(NC(=O)c2cc3nc(-c4ccc(Br)cc4)cc(C(F)(F)F)n3n2)cc1. The average molecular weight is 489 g/mol. The lowest BCUT2D eigenvalue weighted by Gasteiger charge is -2.11. The van der Waals surface area contributed by atoms with Gasteiger partial charge < -0.3 is 5.32 Å². The van der Waals surface area contributed by atoms with E-state index in [1.807, 2.05) is 19.1 Å². The maximum Gasteiger partial charge on any atom is 0.433 e. The lowest BCUT2D eigenvalue weighted by atomic mass is 10.1. The summed E-state index contributed by atoms with van der Waals surface area (Å²) < 4.78 is 42.6. The first-order chi connectivity index (χ1) is 14.7. The first-order valence-electron chi connectivity index (χ1n) is 9.39. The normalized spacial score (nSPS) is 11.6. The van der Waals surface area contributed by atoms with Crippen molar-refractivity contribution in [2.45, 2.75) is 19.5 Å². The highest BCUT2D eigenvalue weighted by Crippen LogP contribution is 2.32. The van der Waals surface area contributed by atoms with E-state index < -0.39 is 17.8 Å². The number of nitrogens with zero attached hydrogens (tertiary/aromatic N) is 3. The Hall–Kier alpha value is -3.20. The Balaban J connectivity index is 1.74. The minimum Gasteiger partial charge on any atom is -0.321 e. The zero-order valence-electron chi connectivity index (χ0n) is 16.2. The summed E-state index contributed by atoms with van der Waals surface area (Å²) in [6.07, 6.45) is -3.83. The van der Waals surface area contributed by atoms with Crippen LogP contribution in [0.25, 0.3) is 16.9 Å². The number of carbonyl (C=O) groups is 1. The molecule has 31 heavy (non-hydrogen) atoms. The molecular formula is C22H16BrF3N4O. The smallest absolute Gasteiger partial charge is 0.321 e. The van der Waals surface area contributed by atoms with Crippen LogP contribution in [0.4, 0.5) is 18.9 Å². The molecule has 4 aromatic rings. The molecule has 2 heterocycles. The zero-order chi connectivity index (χ0) is 22.2. The van der Waals surface area contributed by atoms with Crippen LogP contribution in [0.5, 0.6) is 0 Å². The minimum atomic E-state index is -4.68. The molecule has 5 nitrogen and oxygen atoms in total. The van der Waals surface area contributed by atoms with Crippen molar-refractivity contribution in [3.05, 3.63) is 82.1 Å². The van der Waals surface area contributed by atoms with Crippen LogP contribution in [-0.4, -0.2) is 20.5 Å². The van der Waals surface area contributed by atoms with E-state index >= 15 is 0 Å². The minimum absolute atomic E-state index is 0.0702. The number of halogens is 4. The molecule has 158 valence electrons. The predicted molar refractivity (Wildman–Crippen MR) is 115 cm³/mol. The van der Waals surface area contributed by atoms with Gasteiger partial charge in [0.05, 0.1) is 5.69 Å². The highest BCUT2D eigenvalue weighted by Gasteiger charge is 2.35. The maximum absolute atomic E-state index is 13.7. The molecule has 0 fully saturated rings. The molecule has 1 N–H and O–H groups in total. The average Bonchev–Trinajstić information content (AvgIpc) is 3.17. The molecule has 0 atom stereocenters. The Labute approximate surface area is 184 Å². The topological polar surface area (TPSA) is 59.3 Å². The first kappa shape index (κ1) is 21.0. The number of aromatic nitrogens is 3. The Kier molecular flexibility index (Phi) is 5.53. The van der Waals surface area contributed by atoms with Crippen molar-refractivity contribution < 1.29 is 18.0 Å². The quantitative estimate of drug-likeness (QED) is 0.383. The van der Waals surface area contributed by atoms with Crippen molar-refractivity contribution in [3.8, 4) is 11.3 Å². The fraction of sp³-hybridized carbons (Fsp3) is 0.136. The number of nitrogens with one attached hydrogen (secondary N) is 1. The summed E-state index contributed by atoms with van der Waals surface area (Å²) in [6.45, 7) is 2.01. The molecule has 0 saturated carbocycles. The van der Waals surface area contributed by atoms with Crippen LogP contribution in [0, 0.1) is 0 Å². The van der Waals surface area contributed by atoms with Gasteiger partial charge >= 0.3 is 6.18 Å². The Bertz CT molecular complexity index is 1250. The molecule has 0 aliphatic rings. The monoisotopic (exact) mass is 488 g/mol. The van der Waals surface area contributed by atoms with Gasteiger partial charge in [0.15, 0.2) is 17.0 Å². The van der Waals surface area contributed by atoms with Crippen molar-refractivity contribution in [1.82, 2.24) is 14.6 Å². The van der Waals surface area contributed by atoms with Crippen molar-refractivity contribution >= 4 is 33.2 Å². The van der Waals surface area contributed by atoms with Gasteiger partial charge in [-0.15, -0.1) is 0 Å². The van der Waals surface area contributed by atoms with Gasteiger partial charge in [0, 0.05) is 21.8 Å². The van der Waals surface area contributed by atoms with Crippen LogP contribution >= 0.6 is 15.9 Å². The van der Waals surface area contributed by atoms with E-state index in [2.05, 4.69) is 31.3 Å². The maximum atomic E-state index is 13.7. The summed E-state index contributed by atoms with van der Waals surface area (Å²) >= 11 is 3.30. The molecule has 4 rings (SSSR count). The van der Waals surface area contributed by atoms with Gasteiger partial charge in [0.1, 0.15) is 0 Å². The highest BCUT2D eigenvalue weighted by molar-refractivity contribution is 9.10. The largest absolute Gasteiger partial charge is 0.433 e. The Morgan fingerprint density at radius 2 is 1.74 bits per heavy atom. The Morgan fingerprint density at radius 3 is 2.35 bits per heavy atom. The molecule has 1 amide bonds. The first-order valence-corrected chi connectivity index (χ1v) is 10.2. The van der Waals surface area contributed by atoms with Crippen molar-refractivity contribution in [3.63, 3.8) is 0 Å². The zero-order valence-corrected chi connectivity index (χ0v) is 17.8. The molecule has 0 bridgehead atoms. The van der Waals surface area contributed by atoms with Gasteiger partial charge in [0.2, 0.25) is 0 Å². The van der Waals surface area contributed by atoms with Gasteiger partial charge in [0.25, 0.3) is 5.91 Å². The summed E-state index contributed by atoms with van der Waals surface area (Å²) in [5, 5.41) is 6.52. The lowest BCUT2D eigenvalue weighted by Crippen LogP contribution is -2.15.